The average Bonchev–Trinajstić information content (AvgIpc) is 2.87. The number of hydrogen-bond acceptors (Lipinski definition) is 4. The Kier molecular flexibility index (Phi) is 4.71. The number of ether oxygens (including phenoxy) is 2. The van der Waals surface area contributed by atoms with Crippen molar-refractivity contribution in [1.29, 1.82) is 0 Å². The van der Waals surface area contributed by atoms with E-state index in [9.17, 15) is 9.59 Å². The van der Waals surface area contributed by atoms with Gasteiger partial charge in [-0.15, -0.1) is 0 Å². The fourth-order valence-corrected chi connectivity index (χ4v) is 3.63. The minimum Gasteiger partial charge on any atom is -0.493 e. The molecule has 0 spiro atoms. The molecule has 0 radical (unpaired) electrons. The van der Waals surface area contributed by atoms with Crippen molar-refractivity contribution in [3.8, 4) is 11.5 Å². The number of carbonyl (C=O) groups is 2. The first-order chi connectivity index (χ1) is 13.1. The van der Waals surface area contributed by atoms with E-state index in [1.54, 1.807) is 13.2 Å². The molecule has 1 atom stereocenters. The highest BCUT2D eigenvalue weighted by Gasteiger charge is 2.24. The lowest BCUT2D eigenvalue weighted by atomic mass is 10.0. The van der Waals surface area contributed by atoms with Crippen LogP contribution in [0.25, 0.3) is 0 Å². The Balaban J connectivity index is 1.47. The van der Waals surface area contributed by atoms with Gasteiger partial charge < -0.3 is 20.1 Å². The molecule has 0 aromatic heterocycles. The Morgan fingerprint density at radius 3 is 2.96 bits per heavy atom. The van der Waals surface area contributed by atoms with Crippen LogP contribution in [-0.4, -0.2) is 31.6 Å². The molecule has 6 heteroatoms. The molecule has 0 saturated heterocycles. The number of nitrogens with one attached hydrogen (secondary N) is 2. The SMILES string of the molecule is COc1cccc2c1OC[C@H](NC(=O)c1ccc3c(c1)CCCC(=O)N3)C2. The van der Waals surface area contributed by atoms with E-state index in [-0.39, 0.29) is 17.9 Å². The molecule has 6 nitrogen and oxygen atoms in total. The summed E-state index contributed by atoms with van der Waals surface area (Å²) in [4.78, 5) is 24.4. The van der Waals surface area contributed by atoms with Crippen LogP contribution in [0, 0.1) is 0 Å². The third-order valence-electron chi connectivity index (χ3n) is 5.00. The highest BCUT2D eigenvalue weighted by Crippen LogP contribution is 2.34. The van der Waals surface area contributed by atoms with E-state index in [2.05, 4.69) is 10.6 Å². The first-order valence-electron chi connectivity index (χ1n) is 9.16. The third-order valence-corrected chi connectivity index (χ3v) is 5.00. The molecule has 2 aliphatic heterocycles. The molecular formula is C21H22N2O4. The van der Waals surface area contributed by atoms with E-state index < -0.39 is 0 Å². The minimum absolute atomic E-state index is 0.0272. The number of carbonyl (C=O) groups excluding carboxylic acids is 2. The van der Waals surface area contributed by atoms with Crippen LogP contribution in [0.2, 0.25) is 0 Å². The monoisotopic (exact) mass is 366 g/mol. The van der Waals surface area contributed by atoms with Gasteiger partial charge in [0.25, 0.3) is 5.91 Å². The Morgan fingerprint density at radius 2 is 2.11 bits per heavy atom. The number of benzene rings is 2. The van der Waals surface area contributed by atoms with Crippen LogP contribution in [0.3, 0.4) is 0 Å². The molecule has 2 aromatic carbocycles. The zero-order valence-electron chi connectivity index (χ0n) is 15.2. The maximum atomic E-state index is 12.7. The molecule has 27 heavy (non-hydrogen) atoms. The normalized spacial score (nSPS) is 18.3. The summed E-state index contributed by atoms with van der Waals surface area (Å²) in [6, 6.07) is 11.1. The first-order valence-corrected chi connectivity index (χ1v) is 9.16. The van der Waals surface area contributed by atoms with Crippen LogP contribution < -0.4 is 20.1 Å². The lowest BCUT2D eigenvalue weighted by Crippen LogP contribution is -2.42. The third kappa shape index (κ3) is 3.60. The Morgan fingerprint density at radius 1 is 1.22 bits per heavy atom. The van der Waals surface area contributed by atoms with Crippen LogP contribution in [0.15, 0.2) is 36.4 Å². The first kappa shape index (κ1) is 17.4. The minimum atomic E-state index is -0.131. The van der Waals surface area contributed by atoms with Crippen molar-refractivity contribution in [2.45, 2.75) is 31.7 Å². The number of hydrogen-bond donors (Lipinski definition) is 2. The van der Waals surface area contributed by atoms with E-state index in [1.165, 1.54) is 0 Å². The summed E-state index contributed by atoms with van der Waals surface area (Å²) in [6.07, 6.45) is 2.78. The molecule has 0 fully saturated rings. The summed E-state index contributed by atoms with van der Waals surface area (Å²) >= 11 is 0. The van der Waals surface area contributed by atoms with Crippen LogP contribution in [0.1, 0.15) is 34.3 Å². The second-order valence-electron chi connectivity index (χ2n) is 6.91. The molecule has 2 heterocycles. The zero-order valence-corrected chi connectivity index (χ0v) is 15.2. The summed E-state index contributed by atoms with van der Waals surface area (Å²) in [5.41, 5.74) is 3.43. The summed E-state index contributed by atoms with van der Waals surface area (Å²) in [6.45, 7) is 0.403. The van der Waals surface area contributed by atoms with Crippen molar-refractivity contribution in [2.75, 3.05) is 19.0 Å². The smallest absolute Gasteiger partial charge is 0.251 e. The molecule has 0 unspecified atom stereocenters. The van der Waals surface area contributed by atoms with Gasteiger partial charge in [0.05, 0.1) is 13.2 Å². The van der Waals surface area contributed by atoms with E-state index in [0.717, 1.165) is 35.4 Å². The summed E-state index contributed by atoms with van der Waals surface area (Å²) in [7, 11) is 1.62. The molecular weight excluding hydrogens is 344 g/mol. The molecule has 2 N–H and O–H groups in total. The summed E-state index contributed by atoms with van der Waals surface area (Å²) in [5, 5.41) is 5.94. The molecule has 4 rings (SSSR count). The van der Waals surface area contributed by atoms with Gasteiger partial charge in [0.2, 0.25) is 5.91 Å². The maximum Gasteiger partial charge on any atom is 0.251 e. The van der Waals surface area contributed by atoms with Crippen molar-refractivity contribution in [3.63, 3.8) is 0 Å². The van der Waals surface area contributed by atoms with Gasteiger partial charge in [-0.25, -0.2) is 0 Å². The quantitative estimate of drug-likeness (QED) is 0.876. The van der Waals surface area contributed by atoms with Gasteiger partial charge in [0.1, 0.15) is 6.61 Å². The van der Waals surface area contributed by atoms with Crippen molar-refractivity contribution in [2.24, 2.45) is 0 Å². The van der Waals surface area contributed by atoms with E-state index in [1.807, 2.05) is 30.3 Å². The lowest BCUT2D eigenvalue weighted by molar-refractivity contribution is -0.116. The number of methoxy groups -OCH3 is 1. The van der Waals surface area contributed by atoms with E-state index in [4.69, 9.17) is 9.47 Å². The highest BCUT2D eigenvalue weighted by atomic mass is 16.5. The van der Waals surface area contributed by atoms with Crippen LogP contribution in [0.4, 0.5) is 5.69 Å². The van der Waals surface area contributed by atoms with Gasteiger partial charge in [-0.1, -0.05) is 12.1 Å². The van der Waals surface area contributed by atoms with Gasteiger partial charge in [0.15, 0.2) is 11.5 Å². The van der Waals surface area contributed by atoms with E-state index in [0.29, 0.717) is 30.8 Å². The van der Waals surface area contributed by atoms with Crippen molar-refractivity contribution >= 4 is 17.5 Å². The predicted molar refractivity (Wildman–Crippen MR) is 101 cm³/mol. The standard InChI is InChI=1S/C21H22N2O4/c1-26-18-6-2-5-14-11-16(12-27-20(14)18)22-21(25)15-8-9-17-13(10-15)4-3-7-19(24)23-17/h2,5-6,8-10,16H,3-4,7,11-12H2,1H3,(H,22,25)(H,23,24)/t16-/m1/s1. The molecule has 0 saturated carbocycles. The van der Waals surface area contributed by atoms with Crippen LogP contribution in [0.5, 0.6) is 11.5 Å². The second kappa shape index (κ2) is 7.31. The van der Waals surface area contributed by atoms with Gasteiger partial charge in [-0.3, -0.25) is 9.59 Å². The number of anilines is 1. The molecule has 2 aliphatic rings. The van der Waals surface area contributed by atoms with Crippen molar-refractivity contribution in [1.82, 2.24) is 5.32 Å². The maximum absolute atomic E-state index is 12.7. The highest BCUT2D eigenvalue weighted by molar-refractivity contribution is 5.97. The number of aryl methyl sites for hydroxylation is 1. The Hall–Kier alpha value is -3.02. The number of amides is 2. The predicted octanol–water partition coefficient (Wildman–Crippen LogP) is 2.70. The molecule has 2 amide bonds. The topological polar surface area (TPSA) is 76.7 Å². The molecule has 0 aliphatic carbocycles. The Bertz CT molecular complexity index is 894. The fourth-order valence-electron chi connectivity index (χ4n) is 3.63. The van der Waals surface area contributed by atoms with Gasteiger partial charge in [-0.05, 0) is 49.1 Å². The van der Waals surface area contributed by atoms with Gasteiger partial charge >= 0.3 is 0 Å². The summed E-state index contributed by atoms with van der Waals surface area (Å²) < 4.78 is 11.2. The van der Waals surface area contributed by atoms with Crippen molar-refractivity contribution in [3.05, 3.63) is 53.1 Å². The van der Waals surface area contributed by atoms with Crippen molar-refractivity contribution < 1.29 is 19.1 Å². The lowest BCUT2D eigenvalue weighted by Gasteiger charge is -2.27. The Labute approximate surface area is 157 Å². The zero-order chi connectivity index (χ0) is 18.8. The average molecular weight is 366 g/mol. The number of fused-ring (bicyclic) bond motifs is 2. The molecule has 0 bridgehead atoms. The van der Waals surface area contributed by atoms with E-state index >= 15 is 0 Å². The van der Waals surface area contributed by atoms with Crippen LogP contribution >= 0.6 is 0 Å². The second-order valence-corrected chi connectivity index (χ2v) is 6.91. The molecule has 140 valence electrons. The van der Waals surface area contributed by atoms with Gasteiger partial charge in [-0.2, -0.15) is 0 Å². The fraction of sp³-hybridized carbons (Fsp3) is 0.333. The summed E-state index contributed by atoms with van der Waals surface area (Å²) in [5.74, 6) is 1.36. The van der Waals surface area contributed by atoms with Gasteiger partial charge in [0, 0.05) is 23.2 Å². The number of rotatable bonds is 3. The van der Waals surface area contributed by atoms with Crippen LogP contribution in [-0.2, 0) is 17.6 Å². The largest absolute Gasteiger partial charge is 0.493 e. The number of para-hydroxylation sites is 1. The molecule has 2 aromatic rings.